The largest absolute Gasteiger partial charge is 0.347 e. The van der Waals surface area contributed by atoms with Gasteiger partial charge in [-0.1, -0.05) is 0 Å². The van der Waals surface area contributed by atoms with Crippen molar-refractivity contribution in [2.75, 3.05) is 13.6 Å². The third-order valence-electron chi connectivity index (χ3n) is 4.93. The number of aromatic nitrogens is 3. The lowest BCUT2D eigenvalue weighted by molar-refractivity contribution is 0.0735. The molecule has 0 radical (unpaired) electrons. The van der Waals surface area contributed by atoms with Crippen LogP contribution < -0.4 is 0 Å². The van der Waals surface area contributed by atoms with Gasteiger partial charge in [-0.2, -0.15) is 0 Å². The fraction of sp³-hybridized carbons (Fsp3) is 0.556. The summed E-state index contributed by atoms with van der Waals surface area (Å²) >= 11 is 0. The first-order chi connectivity index (χ1) is 11.5. The smallest absolute Gasteiger partial charge is 0.270 e. The van der Waals surface area contributed by atoms with E-state index in [-0.39, 0.29) is 5.91 Å². The zero-order chi connectivity index (χ0) is 17.3. The second-order valence-corrected chi connectivity index (χ2v) is 6.92. The molecule has 0 aliphatic carbocycles. The number of hydrogen-bond acceptors (Lipinski definition) is 3. The van der Waals surface area contributed by atoms with Gasteiger partial charge in [0.2, 0.25) is 0 Å². The summed E-state index contributed by atoms with van der Waals surface area (Å²) in [6.07, 6.45) is 4.80. The highest BCUT2D eigenvalue weighted by Crippen LogP contribution is 2.19. The summed E-state index contributed by atoms with van der Waals surface area (Å²) in [6, 6.07) is 4.27. The molecule has 0 aromatic carbocycles. The van der Waals surface area contributed by atoms with Gasteiger partial charge in [0.05, 0.1) is 24.3 Å². The van der Waals surface area contributed by atoms with E-state index in [0.29, 0.717) is 12.6 Å². The molecule has 1 amide bonds. The van der Waals surface area contributed by atoms with Crippen LogP contribution in [0.3, 0.4) is 0 Å². The van der Waals surface area contributed by atoms with Crippen LogP contribution in [0.25, 0.3) is 0 Å². The topological polar surface area (TPSA) is 46.3 Å². The Balaban J connectivity index is 1.83. The Morgan fingerprint density at radius 1 is 1.38 bits per heavy atom. The maximum absolute atomic E-state index is 12.9. The van der Waals surface area contributed by atoms with Crippen LogP contribution in [0, 0.1) is 0 Å². The van der Waals surface area contributed by atoms with Gasteiger partial charge in [0.25, 0.3) is 5.91 Å². The first kappa shape index (κ1) is 16.8. The molecule has 0 bridgehead atoms. The minimum Gasteiger partial charge on any atom is -0.347 e. The van der Waals surface area contributed by atoms with Gasteiger partial charge in [-0.15, -0.1) is 0 Å². The zero-order valence-corrected chi connectivity index (χ0v) is 15.1. The fourth-order valence-electron chi connectivity index (χ4n) is 3.09. The maximum atomic E-state index is 12.9. The quantitative estimate of drug-likeness (QED) is 0.863. The van der Waals surface area contributed by atoms with E-state index in [1.165, 1.54) is 5.69 Å². The summed E-state index contributed by atoms with van der Waals surface area (Å²) < 4.78 is 4.10. The van der Waals surface area contributed by atoms with Crippen LogP contribution >= 0.6 is 0 Å². The summed E-state index contributed by atoms with van der Waals surface area (Å²) in [6.45, 7) is 7.51. The Hall–Kier alpha value is -2.08. The van der Waals surface area contributed by atoms with Gasteiger partial charge in [0, 0.05) is 38.9 Å². The minimum atomic E-state index is 0.0975. The monoisotopic (exact) mass is 329 g/mol. The number of aryl methyl sites for hydroxylation is 2. The van der Waals surface area contributed by atoms with Crippen molar-refractivity contribution in [3.05, 3.63) is 41.7 Å². The van der Waals surface area contributed by atoms with E-state index in [2.05, 4.69) is 35.3 Å². The normalized spacial score (nSPS) is 15.0. The molecular formula is C18H27N5O. The minimum absolute atomic E-state index is 0.0975. The number of fused-ring (bicyclic) bond motifs is 1. The highest BCUT2D eigenvalue weighted by atomic mass is 16.2. The van der Waals surface area contributed by atoms with Gasteiger partial charge in [-0.25, -0.2) is 4.98 Å². The van der Waals surface area contributed by atoms with E-state index in [1.807, 2.05) is 41.2 Å². The molecule has 0 atom stereocenters. The Bertz CT molecular complexity index is 715. The van der Waals surface area contributed by atoms with Crippen molar-refractivity contribution in [3.63, 3.8) is 0 Å². The number of rotatable bonds is 4. The molecule has 130 valence electrons. The molecule has 6 heteroatoms. The molecule has 0 N–H and O–H groups in total. The van der Waals surface area contributed by atoms with E-state index < -0.39 is 0 Å². The van der Waals surface area contributed by atoms with Gasteiger partial charge in [0.15, 0.2) is 0 Å². The lowest BCUT2D eigenvalue weighted by atomic mass is 10.2. The van der Waals surface area contributed by atoms with Crippen molar-refractivity contribution < 1.29 is 4.79 Å². The van der Waals surface area contributed by atoms with Gasteiger partial charge in [0.1, 0.15) is 5.69 Å². The summed E-state index contributed by atoms with van der Waals surface area (Å²) in [4.78, 5) is 21.7. The lowest BCUT2D eigenvalue weighted by Crippen LogP contribution is -2.33. The van der Waals surface area contributed by atoms with Crippen LogP contribution in [0.4, 0.5) is 0 Å². The molecule has 2 aromatic heterocycles. The number of nitrogens with zero attached hydrogens (tertiary/aromatic N) is 5. The highest BCUT2D eigenvalue weighted by Gasteiger charge is 2.24. The van der Waals surface area contributed by atoms with Gasteiger partial charge < -0.3 is 14.0 Å². The summed E-state index contributed by atoms with van der Waals surface area (Å²) in [7, 11) is 4.03. The van der Waals surface area contributed by atoms with E-state index in [0.717, 1.165) is 37.4 Å². The fourth-order valence-corrected chi connectivity index (χ4v) is 3.09. The Labute approximate surface area is 143 Å². The molecule has 1 aliphatic rings. The number of carbonyl (C=O) groups excluding carboxylic acids is 1. The molecular weight excluding hydrogens is 302 g/mol. The van der Waals surface area contributed by atoms with E-state index in [4.69, 9.17) is 0 Å². The van der Waals surface area contributed by atoms with Crippen molar-refractivity contribution in [1.82, 2.24) is 23.9 Å². The summed E-state index contributed by atoms with van der Waals surface area (Å²) in [5.74, 6) is 0.0975. The van der Waals surface area contributed by atoms with E-state index in [9.17, 15) is 4.79 Å². The van der Waals surface area contributed by atoms with Crippen molar-refractivity contribution in [2.45, 2.75) is 45.9 Å². The van der Waals surface area contributed by atoms with Crippen LogP contribution in [-0.2, 0) is 26.7 Å². The van der Waals surface area contributed by atoms with Crippen molar-refractivity contribution in [3.8, 4) is 0 Å². The number of carbonyl (C=O) groups is 1. The van der Waals surface area contributed by atoms with E-state index >= 15 is 0 Å². The van der Waals surface area contributed by atoms with E-state index in [1.54, 1.807) is 0 Å². The first-order valence-electron chi connectivity index (χ1n) is 8.61. The van der Waals surface area contributed by atoms with Crippen LogP contribution in [0.2, 0.25) is 0 Å². The molecule has 0 saturated heterocycles. The molecule has 0 saturated carbocycles. The average Bonchev–Trinajstić information content (AvgIpc) is 3.06. The second-order valence-electron chi connectivity index (χ2n) is 6.92. The molecule has 0 fully saturated rings. The third-order valence-corrected chi connectivity index (χ3v) is 4.93. The third kappa shape index (κ3) is 3.24. The number of imidazole rings is 1. The van der Waals surface area contributed by atoms with Crippen molar-refractivity contribution >= 4 is 5.91 Å². The van der Waals surface area contributed by atoms with Crippen LogP contribution in [0.1, 0.15) is 42.1 Å². The number of amides is 1. The van der Waals surface area contributed by atoms with Crippen LogP contribution in [0.5, 0.6) is 0 Å². The highest BCUT2D eigenvalue weighted by molar-refractivity contribution is 5.92. The first-order valence-corrected chi connectivity index (χ1v) is 8.61. The predicted octanol–water partition coefficient (Wildman–Crippen LogP) is 2.11. The molecule has 3 rings (SSSR count). The molecule has 24 heavy (non-hydrogen) atoms. The SMILES string of the molecule is CC(C)N(C)Cc1ncn2c1CN(C(=O)c1cccn1C)CCC2. The maximum Gasteiger partial charge on any atom is 0.270 e. The second kappa shape index (κ2) is 6.81. The zero-order valence-electron chi connectivity index (χ0n) is 15.1. The molecule has 1 aliphatic heterocycles. The Kier molecular flexibility index (Phi) is 4.76. The van der Waals surface area contributed by atoms with Gasteiger partial charge in [-0.3, -0.25) is 9.69 Å². The van der Waals surface area contributed by atoms with Gasteiger partial charge in [-0.05, 0) is 39.4 Å². The predicted molar refractivity (Wildman–Crippen MR) is 93.6 cm³/mol. The molecule has 3 heterocycles. The average molecular weight is 329 g/mol. The Morgan fingerprint density at radius 2 is 2.17 bits per heavy atom. The van der Waals surface area contributed by atoms with Crippen molar-refractivity contribution in [1.29, 1.82) is 0 Å². The molecule has 0 spiro atoms. The van der Waals surface area contributed by atoms with Crippen molar-refractivity contribution in [2.24, 2.45) is 7.05 Å². The Morgan fingerprint density at radius 3 is 2.83 bits per heavy atom. The van der Waals surface area contributed by atoms with Gasteiger partial charge >= 0.3 is 0 Å². The van der Waals surface area contributed by atoms with Crippen LogP contribution in [-0.4, -0.2) is 49.5 Å². The molecule has 2 aromatic rings. The summed E-state index contributed by atoms with van der Waals surface area (Å²) in [5.41, 5.74) is 2.99. The number of hydrogen-bond donors (Lipinski definition) is 0. The lowest BCUT2D eigenvalue weighted by Gasteiger charge is -2.23. The standard InChI is InChI=1S/C18H27N5O/c1-14(2)21(4)11-15-17-12-22(9-6-10-23(17)13-19-15)18(24)16-7-5-8-20(16)3/h5,7-8,13-14H,6,9-12H2,1-4H3. The molecule has 6 nitrogen and oxygen atoms in total. The van der Waals surface area contributed by atoms with Crippen LogP contribution in [0.15, 0.2) is 24.7 Å². The molecule has 0 unspecified atom stereocenters. The summed E-state index contributed by atoms with van der Waals surface area (Å²) in [5, 5.41) is 0.